The van der Waals surface area contributed by atoms with E-state index in [1.807, 2.05) is 0 Å². The summed E-state index contributed by atoms with van der Waals surface area (Å²) in [6.07, 6.45) is 15.4. The van der Waals surface area contributed by atoms with Gasteiger partial charge in [0.25, 0.3) is 0 Å². The SMILES string of the molecule is CCCCCC#CC(=O)CCCCCCCCCC. The first-order valence-corrected chi connectivity index (χ1v) is 8.33. The lowest BCUT2D eigenvalue weighted by atomic mass is 10.1. The molecule has 0 aliphatic carbocycles. The molecule has 1 heteroatoms. The van der Waals surface area contributed by atoms with Crippen LogP contribution in [0.4, 0.5) is 0 Å². The van der Waals surface area contributed by atoms with Crippen molar-refractivity contribution in [3.63, 3.8) is 0 Å². The molecule has 0 heterocycles. The van der Waals surface area contributed by atoms with Crippen molar-refractivity contribution in [1.82, 2.24) is 0 Å². The Morgan fingerprint density at radius 1 is 0.737 bits per heavy atom. The maximum absolute atomic E-state index is 11.5. The summed E-state index contributed by atoms with van der Waals surface area (Å²) in [4.78, 5) is 11.5. The van der Waals surface area contributed by atoms with E-state index in [-0.39, 0.29) is 5.78 Å². The van der Waals surface area contributed by atoms with Gasteiger partial charge in [-0.3, -0.25) is 4.79 Å². The summed E-state index contributed by atoms with van der Waals surface area (Å²) in [6, 6.07) is 0. The minimum atomic E-state index is 0.141. The second-order valence-corrected chi connectivity index (χ2v) is 5.41. The molecule has 0 unspecified atom stereocenters. The minimum absolute atomic E-state index is 0.141. The second kappa shape index (κ2) is 15.3. The molecule has 1 nitrogen and oxygen atoms in total. The van der Waals surface area contributed by atoms with Crippen LogP contribution in [0.5, 0.6) is 0 Å². The molecule has 0 fully saturated rings. The molecule has 0 aliphatic rings. The van der Waals surface area contributed by atoms with Gasteiger partial charge in [-0.25, -0.2) is 0 Å². The molecular weight excluding hydrogens is 232 g/mol. The Labute approximate surface area is 120 Å². The minimum Gasteiger partial charge on any atom is -0.285 e. The van der Waals surface area contributed by atoms with Gasteiger partial charge in [-0.2, -0.15) is 0 Å². The van der Waals surface area contributed by atoms with Crippen molar-refractivity contribution < 1.29 is 4.79 Å². The number of ketones is 1. The number of hydrogen-bond acceptors (Lipinski definition) is 1. The Hall–Kier alpha value is -0.770. The summed E-state index contributed by atoms with van der Waals surface area (Å²) in [6.45, 7) is 4.43. The zero-order valence-corrected chi connectivity index (χ0v) is 13.1. The Balaban J connectivity index is 3.28. The molecule has 0 aromatic rings. The molecule has 0 atom stereocenters. The van der Waals surface area contributed by atoms with Crippen molar-refractivity contribution in [2.75, 3.05) is 0 Å². The van der Waals surface area contributed by atoms with E-state index in [0.717, 1.165) is 19.3 Å². The summed E-state index contributed by atoms with van der Waals surface area (Å²) < 4.78 is 0. The van der Waals surface area contributed by atoms with E-state index in [0.29, 0.717) is 6.42 Å². The Morgan fingerprint density at radius 2 is 1.26 bits per heavy atom. The number of Topliss-reactive ketones (excluding diaryl/α,β-unsaturated/α-hetero) is 1. The molecule has 0 saturated heterocycles. The maximum atomic E-state index is 11.5. The van der Waals surface area contributed by atoms with Crippen LogP contribution in [0.2, 0.25) is 0 Å². The topological polar surface area (TPSA) is 17.1 Å². The molecule has 0 N–H and O–H groups in total. The van der Waals surface area contributed by atoms with Gasteiger partial charge in [0.05, 0.1) is 0 Å². The quantitative estimate of drug-likeness (QED) is 0.252. The number of carbonyl (C=O) groups excluding carboxylic acids is 1. The molecule has 0 aliphatic heterocycles. The fraction of sp³-hybridized carbons (Fsp3) is 0.833. The lowest BCUT2D eigenvalue weighted by Crippen LogP contribution is -1.93. The third kappa shape index (κ3) is 15.2. The van der Waals surface area contributed by atoms with Crippen molar-refractivity contribution in [1.29, 1.82) is 0 Å². The molecule has 110 valence electrons. The van der Waals surface area contributed by atoms with Crippen LogP contribution in [0.3, 0.4) is 0 Å². The third-order valence-corrected chi connectivity index (χ3v) is 3.39. The first kappa shape index (κ1) is 18.2. The highest BCUT2D eigenvalue weighted by Gasteiger charge is 1.97. The van der Waals surface area contributed by atoms with Crippen LogP contribution in [-0.4, -0.2) is 5.78 Å². The van der Waals surface area contributed by atoms with Gasteiger partial charge in [-0.05, 0) is 18.8 Å². The number of unbranched alkanes of at least 4 members (excludes halogenated alkanes) is 10. The summed E-state index contributed by atoms with van der Waals surface area (Å²) in [5, 5.41) is 0. The molecule has 0 bridgehead atoms. The van der Waals surface area contributed by atoms with Crippen molar-refractivity contribution in [2.45, 2.75) is 97.3 Å². The van der Waals surface area contributed by atoms with E-state index in [9.17, 15) is 4.79 Å². The van der Waals surface area contributed by atoms with Crippen LogP contribution in [0.15, 0.2) is 0 Å². The Kier molecular flexibility index (Phi) is 14.7. The van der Waals surface area contributed by atoms with Gasteiger partial charge in [0.1, 0.15) is 0 Å². The lowest BCUT2D eigenvalue weighted by Gasteiger charge is -1.99. The van der Waals surface area contributed by atoms with E-state index in [2.05, 4.69) is 25.7 Å². The first-order chi connectivity index (χ1) is 9.31. The van der Waals surface area contributed by atoms with E-state index in [1.54, 1.807) is 0 Å². The van der Waals surface area contributed by atoms with Gasteiger partial charge in [0.15, 0.2) is 0 Å². The predicted octanol–water partition coefficient (Wildman–Crippen LogP) is 5.67. The predicted molar refractivity (Wildman–Crippen MR) is 84.2 cm³/mol. The van der Waals surface area contributed by atoms with Gasteiger partial charge < -0.3 is 0 Å². The molecule has 0 aromatic carbocycles. The summed E-state index contributed by atoms with van der Waals surface area (Å²) in [5.74, 6) is 5.91. The fourth-order valence-corrected chi connectivity index (χ4v) is 2.11. The highest BCUT2D eigenvalue weighted by Crippen LogP contribution is 2.09. The smallest absolute Gasteiger partial charge is 0.205 e. The fourth-order valence-electron chi connectivity index (χ4n) is 2.11. The largest absolute Gasteiger partial charge is 0.285 e. The molecule has 19 heavy (non-hydrogen) atoms. The van der Waals surface area contributed by atoms with E-state index in [4.69, 9.17) is 0 Å². The van der Waals surface area contributed by atoms with E-state index in [1.165, 1.54) is 57.8 Å². The van der Waals surface area contributed by atoms with Crippen LogP contribution in [-0.2, 0) is 4.79 Å². The normalized spacial score (nSPS) is 10.0. The molecule has 0 spiro atoms. The van der Waals surface area contributed by atoms with Crippen molar-refractivity contribution in [3.8, 4) is 11.8 Å². The van der Waals surface area contributed by atoms with Crippen LogP contribution in [0.25, 0.3) is 0 Å². The molecule has 0 saturated carbocycles. The highest BCUT2D eigenvalue weighted by molar-refractivity contribution is 5.95. The average Bonchev–Trinajstić information content (AvgIpc) is 2.41. The monoisotopic (exact) mass is 264 g/mol. The number of hydrogen-bond donors (Lipinski definition) is 0. The maximum Gasteiger partial charge on any atom is 0.205 e. The van der Waals surface area contributed by atoms with Crippen LogP contribution >= 0.6 is 0 Å². The molecule has 0 radical (unpaired) electrons. The third-order valence-electron chi connectivity index (χ3n) is 3.39. The van der Waals surface area contributed by atoms with Crippen molar-refractivity contribution in [2.24, 2.45) is 0 Å². The van der Waals surface area contributed by atoms with Gasteiger partial charge >= 0.3 is 0 Å². The summed E-state index contributed by atoms with van der Waals surface area (Å²) in [7, 11) is 0. The Bertz CT molecular complexity index is 257. The number of rotatable bonds is 12. The molecule has 0 amide bonds. The summed E-state index contributed by atoms with van der Waals surface area (Å²) >= 11 is 0. The van der Waals surface area contributed by atoms with Crippen LogP contribution in [0.1, 0.15) is 97.3 Å². The Morgan fingerprint density at radius 3 is 1.89 bits per heavy atom. The average molecular weight is 264 g/mol. The zero-order valence-electron chi connectivity index (χ0n) is 13.1. The molecular formula is C18H32O. The number of carbonyl (C=O) groups is 1. The lowest BCUT2D eigenvalue weighted by molar-refractivity contribution is -0.113. The van der Waals surface area contributed by atoms with Crippen molar-refractivity contribution in [3.05, 3.63) is 0 Å². The first-order valence-electron chi connectivity index (χ1n) is 8.33. The standard InChI is InChI=1S/C18H32O/c1-3-5-7-9-10-11-13-15-17-18(19)16-14-12-8-6-4-2/h3-13,15,17H2,1-2H3. The van der Waals surface area contributed by atoms with Gasteiger partial charge in [-0.1, -0.05) is 77.6 Å². The molecule has 0 rings (SSSR count). The van der Waals surface area contributed by atoms with Gasteiger partial charge in [0.2, 0.25) is 5.78 Å². The summed E-state index contributed by atoms with van der Waals surface area (Å²) in [5.41, 5.74) is 0. The van der Waals surface area contributed by atoms with Crippen LogP contribution < -0.4 is 0 Å². The van der Waals surface area contributed by atoms with Crippen molar-refractivity contribution >= 4 is 5.78 Å². The van der Waals surface area contributed by atoms with Gasteiger partial charge in [0, 0.05) is 12.8 Å². The molecule has 0 aromatic heterocycles. The van der Waals surface area contributed by atoms with E-state index >= 15 is 0 Å². The van der Waals surface area contributed by atoms with Gasteiger partial charge in [-0.15, -0.1) is 0 Å². The second-order valence-electron chi connectivity index (χ2n) is 5.41. The van der Waals surface area contributed by atoms with Crippen LogP contribution in [0, 0.1) is 11.8 Å². The zero-order chi connectivity index (χ0) is 14.2. The van der Waals surface area contributed by atoms with E-state index < -0.39 is 0 Å². The highest BCUT2D eigenvalue weighted by atomic mass is 16.1.